The average Bonchev–Trinajstić information content (AvgIpc) is 3.49. The number of fused-ring (bicyclic) bond motifs is 1. The molecule has 172 valence electrons. The van der Waals surface area contributed by atoms with Gasteiger partial charge in [0.1, 0.15) is 12.1 Å². The fourth-order valence-corrected chi connectivity index (χ4v) is 3.75. The van der Waals surface area contributed by atoms with Gasteiger partial charge in [-0.05, 0) is 64.6 Å². The fourth-order valence-electron chi connectivity index (χ4n) is 3.75. The molecule has 34 heavy (non-hydrogen) atoms. The van der Waals surface area contributed by atoms with Crippen molar-refractivity contribution in [3.8, 4) is 22.5 Å². The first-order chi connectivity index (χ1) is 16.5. The second kappa shape index (κ2) is 8.93. The minimum atomic E-state index is -1.07. The molecule has 0 spiro atoms. The number of hydrogen-bond donors (Lipinski definition) is 2. The van der Waals surface area contributed by atoms with E-state index in [1.165, 1.54) is 11.8 Å². The maximum Gasteiger partial charge on any atom is 0.411 e. The third-order valence-electron chi connectivity index (χ3n) is 5.93. The number of aromatic nitrogens is 4. The van der Waals surface area contributed by atoms with E-state index in [9.17, 15) is 14.7 Å². The van der Waals surface area contributed by atoms with Crippen LogP contribution in [0.1, 0.15) is 25.3 Å². The van der Waals surface area contributed by atoms with E-state index in [2.05, 4.69) is 26.7 Å². The summed E-state index contributed by atoms with van der Waals surface area (Å²) in [6.07, 6.45) is 0.989. The zero-order valence-electron chi connectivity index (χ0n) is 18.5. The lowest BCUT2D eigenvalue weighted by atomic mass is 9.99. The SMILES string of the molecule is CC(C(=O)O)N(Cc1ccc2cc(-c3ccc(-c4nn[nH]n4)cc3)ccc2c1)C(=O)OC1CC1. The van der Waals surface area contributed by atoms with Crippen molar-refractivity contribution in [2.75, 3.05) is 0 Å². The molecule has 0 bridgehead atoms. The number of nitrogens with zero attached hydrogens (tertiary/aromatic N) is 4. The largest absolute Gasteiger partial charge is 0.480 e. The van der Waals surface area contributed by atoms with Crippen molar-refractivity contribution in [3.05, 3.63) is 66.2 Å². The van der Waals surface area contributed by atoms with Gasteiger partial charge in [-0.25, -0.2) is 9.59 Å². The number of carboxylic acids is 1. The Kier molecular flexibility index (Phi) is 5.67. The molecule has 5 rings (SSSR count). The number of rotatable bonds is 7. The first-order valence-electron chi connectivity index (χ1n) is 11.0. The summed E-state index contributed by atoms with van der Waals surface area (Å²) in [4.78, 5) is 25.3. The van der Waals surface area contributed by atoms with Gasteiger partial charge in [0.05, 0.1) is 0 Å². The number of carbonyl (C=O) groups excluding carboxylic acids is 1. The molecule has 4 aromatic rings. The van der Waals surface area contributed by atoms with Gasteiger partial charge in [-0.1, -0.05) is 48.5 Å². The first kappa shape index (κ1) is 21.6. The third kappa shape index (κ3) is 4.59. The molecule has 9 heteroatoms. The van der Waals surface area contributed by atoms with Gasteiger partial charge in [-0.2, -0.15) is 5.21 Å². The second-order valence-corrected chi connectivity index (χ2v) is 8.43. The molecule has 1 aliphatic rings. The Hall–Kier alpha value is -4.27. The van der Waals surface area contributed by atoms with Crippen molar-refractivity contribution in [1.82, 2.24) is 25.5 Å². The summed E-state index contributed by atoms with van der Waals surface area (Å²) in [5, 5.41) is 25.5. The lowest BCUT2D eigenvalue weighted by molar-refractivity contribution is -0.142. The van der Waals surface area contributed by atoms with Crippen LogP contribution in [0.2, 0.25) is 0 Å². The van der Waals surface area contributed by atoms with Crippen LogP contribution in [-0.2, 0) is 16.1 Å². The van der Waals surface area contributed by atoms with Gasteiger partial charge >= 0.3 is 12.1 Å². The highest BCUT2D eigenvalue weighted by Crippen LogP contribution is 2.28. The molecular formula is C25H23N5O4. The number of aromatic amines is 1. The van der Waals surface area contributed by atoms with Crippen molar-refractivity contribution in [2.45, 2.75) is 38.5 Å². The summed E-state index contributed by atoms with van der Waals surface area (Å²) in [5.74, 6) is -0.520. The van der Waals surface area contributed by atoms with Crippen molar-refractivity contribution < 1.29 is 19.4 Å². The highest BCUT2D eigenvalue weighted by Gasteiger charge is 2.32. The molecule has 3 aromatic carbocycles. The smallest absolute Gasteiger partial charge is 0.411 e. The maximum absolute atomic E-state index is 12.5. The Labute approximate surface area is 195 Å². The van der Waals surface area contributed by atoms with Crippen molar-refractivity contribution >= 4 is 22.8 Å². The molecule has 0 saturated heterocycles. The van der Waals surface area contributed by atoms with Crippen LogP contribution in [-0.4, -0.2) is 54.8 Å². The van der Waals surface area contributed by atoms with Crippen LogP contribution in [0.5, 0.6) is 0 Å². The second-order valence-electron chi connectivity index (χ2n) is 8.43. The van der Waals surface area contributed by atoms with E-state index < -0.39 is 18.1 Å². The van der Waals surface area contributed by atoms with E-state index in [1.54, 1.807) is 0 Å². The number of H-pyrrole nitrogens is 1. The van der Waals surface area contributed by atoms with E-state index in [0.717, 1.165) is 45.9 Å². The number of carboxylic acid groups (broad SMARTS) is 1. The molecule has 1 saturated carbocycles. The summed E-state index contributed by atoms with van der Waals surface area (Å²) >= 11 is 0. The molecule has 1 aromatic heterocycles. The molecule has 0 aliphatic heterocycles. The first-order valence-corrected chi connectivity index (χ1v) is 11.0. The molecule has 2 N–H and O–H groups in total. The van der Waals surface area contributed by atoms with E-state index in [-0.39, 0.29) is 12.6 Å². The quantitative estimate of drug-likeness (QED) is 0.425. The van der Waals surface area contributed by atoms with E-state index in [1.807, 2.05) is 54.6 Å². The molecule has 1 amide bonds. The summed E-state index contributed by atoms with van der Waals surface area (Å²) in [7, 11) is 0. The van der Waals surface area contributed by atoms with Crippen molar-refractivity contribution in [2.24, 2.45) is 0 Å². The number of aliphatic carboxylic acids is 1. The molecule has 1 atom stereocenters. The minimum Gasteiger partial charge on any atom is -0.480 e. The molecule has 0 radical (unpaired) electrons. The Morgan fingerprint density at radius 3 is 2.38 bits per heavy atom. The van der Waals surface area contributed by atoms with Crippen LogP contribution in [0.4, 0.5) is 4.79 Å². The Morgan fingerprint density at radius 1 is 1.03 bits per heavy atom. The fraction of sp³-hybridized carbons (Fsp3) is 0.240. The number of ether oxygens (including phenoxy) is 1. The lowest BCUT2D eigenvalue weighted by Gasteiger charge is -2.26. The highest BCUT2D eigenvalue weighted by atomic mass is 16.6. The molecule has 1 heterocycles. The summed E-state index contributed by atoms with van der Waals surface area (Å²) in [6, 6.07) is 19.0. The predicted molar refractivity (Wildman–Crippen MR) is 125 cm³/mol. The highest BCUT2D eigenvalue weighted by molar-refractivity contribution is 5.88. The number of tetrazole rings is 1. The van der Waals surface area contributed by atoms with E-state index in [0.29, 0.717) is 5.82 Å². The van der Waals surface area contributed by atoms with Crippen LogP contribution in [0.15, 0.2) is 60.7 Å². The van der Waals surface area contributed by atoms with Crippen LogP contribution < -0.4 is 0 Å². The van der Waals surface area contributed by atoms with Gasteiger partial charge in [-0.15, -0.1) is 10.2 Å². The van der Waals surface area contributed by atoms with Gasteiger partial charge in [0.25, 0.3) is 0 Å². The van der Waals surface area contributed by atoms with Gasteiger partial charge in [0, 0.05) is 12.1 Å². The number of carbonyl (C=O) groups is 2. The lowest BCUT2D eigenvalue weighted by Crippen LogP contribution is -2.43. The van der Waals surface area contributed by atoms with Crippen LogP contribution in [0, 0.1) is 0 Å². The van der Waals surface area contributed by atoms with Gasteiger partial charge < -0.3 is 9.84 Å². The number of benzene rings is 3. The Morgan fingerprint density at radius 2 is 1.71 bits per heavy atom. The topological polar surface area (TPSA) is 121 Å². The van der Waals surface area contributed by atoms with Gasteiger partial charge in [0.15, 0.2) is 0 Å². The predicted octanol–water partition coefficient (Wildman–Crippen LogP) is 4.26. The van der Waals surface area contributed by atoms with E-state index in [4.69, 9.17) is 4.74 Å². The summed E-state index contributed by atoms with van der Waals surface area (Å²) in [5.41, 5.74) is 3.84. The molecular weight excluding hydrogens is 434 g/mol. The zero-order chi connectivity index (χ0) is 23.7. The van der Waals surface area contributed by atoms with E-state index >= 15 is 0 Å². The molecule has 1 aliphatic carbocycles. The Balaban J connectivity index is 1.36. The summed E-state index contributed by atoms with van der Waals surface area (Å²) in [6.45, 7) is 1.65. The summed E-state index contributed by atoms with van der Waals surface area (Å²) < 4.78 is 5.36. The number of amides is 1. The standard InChI is InChI=1S/C25H23N5O4/c1-15(24(31)32)30(25(33)34-22-10-11-22)14-16-2-3-21-13-20(9-8-19(21)12-16)17-4-6-18(7-5-17)23-26-28-29-27-23/h2-9,12-13,15,22H,10-11,14H2,1H3,(H,31,32)(H,26,27,28,29). The van der Waals surface area contributed by atoms with Gasteiger partial charge in [-0.3, -0.25) is 4.90 Å². The monoisotopic (exact) mass is 457 g/mol. The molecule has 1 fully saturated rings. The van der Waals surface area contributed by atoms with Crippen LogP contribution in [0.25, 0.3) is 33.3 Å². The normalized spacial score (nSPS) is 14.0. The number of hydrogen-bond acceptors (Lipinski definition) is 6. The van der Waals surface area contributed by atoms with Crippen molar-refractivity contribution in [3.63, 3.8) is 0 Å². The van der Waals surface area contributed by atoms with Gasteiger partial charge in [0.2, 0.25) is 5.82 Å². The zero-order valence-corrected chi connectivity index (χ0v) is 18.5. The van der Waals surface area contributed by atoms with Crippen LogP contribution in [0.3, 0.4) is 0 Å². The number of nitrogens with one attached hydrogen (secondary N) is 1. The average molecular weight is 457 g/mol. The third-order valence-corrected chi connectivity index (χ3v) is 5.93. The Bertz CT molecular complexity index is 1330. The molecule has 1 unspecified atom stereocenters. The van der Waals surface area contributed by atoms with Crippen LogP contribution >= 0.6 is 0 Å². The maximum atomic E-state index is 12.5. The molecule has 9 nitrogen and oxygen atoms in total. The van der Waals surface area contributed by atoms with Crippen molar-refractivity contribution in [1.29, 1.82) is 0 Å². The minimum absolute atomic E-state index is 0.0905.